The summed E-state index contributed by atoms with van der Waals surface area (Å²) in [4.78, 5) is 0. The Balaban J connectivity index is 3.20. The van der Waals surface area contributed by atoms with Gasteiger partial charge in [0.2, 0.25) is 0 Å². The lowest BCUT2D eigenvalue weighted by Crippen LogP contribution is -1.96. The molecule has 0 unspecified atom stereocenters. The highest BCUT2D eigenvalue weighted by Crippen LogP contribution is 2.28. The summed E-state index contributed by atoms with van der Waals surface area (Å²) in [6, 6.07) is 8.31. The third kappa shape index (κ3) is 2.73. The molecule has 1 aromatic carbocycles. The number of allylic oxidation sites excluding steroid dienone is 4. The van der Waals surface area contributed by atoms with E-state index < -0.39 is 0 Å². The summed E-state index contributed by atoms with van der Waals surface area (Å²) >= 11 is 0. The van der Waals surface area contributed by atoms with Gasteiger partial charge in [0.15, 0.2) is 0 Å². The summed E-state index contributed by atoms with van der Waals surface area (Å²) in [5.74, 6) is 0.458. The van der Waals surface area contributed by atoms with Crippen LogP contribution in [0.5, 0.6) is 0 Å². The predicted molar refractivity (Wildman–Crippen MR) is 74.2 cm³/mol. The molecule has 84 valence electrons. The zero-order valence-corrected chi connectivity index (χ0v) is 10.5. The maximum atomic E-state index is 4.16. The fraction of sp³-hybridized carbons (Fsp3) is 0.250. The van der Waals surface area contributed by atoms with Gasteiger partial charge in [0.1, 0.15) is 0 Å². The highest BCUT2D eigenvalue weighted by molar-refractivity contribution is 5.82. The van der Waals surface area contributed by atoms with Crippen LogP contribution >= 0.6 is 0 Å². The topological polar surface area (TPSA) is 0 Å². The van der Waals surface area contributed by atoms with Crippen LogP contribution in [0.4, 0.5) is 0 Å². The van der Waals surface area contributed by atoms with Crippen molar-refractivity contribution in [3.05, 3.63) is 60.7 Å². The third-order valence-electron chi connectivity index (χ3n) is 2.68. The van der Waals surface area contributed by atoms with Crippen molar-refractivity contribution in [1.29, 1.82) is 0 Å². The van der Waals surface area contributed by atoms with Crippen LogP contribution in [0.15, 0.2) is 49.6 Å². The molecule has 1 rings (SSSR count). The number of hydrogen-bond donors (Lipinski definition) is 0. The highest BCUT2D eigenvalue weighted by Gasteiger charge is 2.09. The van der Waals surface area contributed by atoms with E-state index in [0.717, 1.165) is 5.57 Å². The lowest BCUT2D eigenvalue weighted by atomic mass is 9.90. The molecular formula is C16H20. The van der Waals surface area contributed by atoms with Crippen molar-refractivity contribution in [2.24, 2.45) is 5.92 Å². The van der Waals surface area contributed by atoms with E-state index in [1.54, 1.807) is 0 Å². The van der Waals surface area contributed by atoms with Gasteiger partial charge in [-0.15, -0.1) is 0 Å². The van der Waals surface area contributed by atoms with Crippen molar-refractivity contribution in [1.82, 2.24) is 0 Å². The van der Waals surface area contributed by atoms with Gasteiger partial charge >= 0.3 is 0 Å². The fourth-order valence-electron chi connectivity index (χ4n) is 1.65. The minimum absolute atomic E-state index is 0.458. The molecule has 0 fully saturated rings. The quantitative estimate of drug-likeness (QED) is 0.620. The van der Waals surface area contributed by atoms with E-state index in [1.807, 2.05) is 25.1 Å². The van der Waals surface area contributed by atoms with Crippen LogP contribution in [-0.2, 0) is 0 Å². The molecule has 0 saturated heterocycles. The number of rotatable bonds is 4. The van der Waals surface area contributed by atoms with Gasteiger partial charge in [-0.25, -0.2) is 0 Å². The van der Waals surface area contributed by atoms with Crippen LogP contribution in [0.2, 0.25) is 0 Å². The first-order valence-corrected chi connectivity index (χ1v) is 5.68. The van der Waals surface area contributed by atoms with E-state index in [2.05, 4.69) is 45.2 Å². The Morgan fingerprint density at radius 1 is 1.12 bits per heavy atom. The van der Waals surface area contributed by atoms with Gasteiger partial charge < -0.3 is 0 Å². The maximum absolute atomic E-state index is 4.16. The second-order valence-electron chi connectivity index (χ2n) is 4.25. The van der Waals surface area contributed by atoms with Gasteiger partial charge in [0, 0.05) is 0 Å². The van der Waals surface area contributed by atoms with Gasteiger partial charge in [0.25, 0.3) is 0 Å². The summed E-state index contributed by atoms with van der Waals surface area (Å²) in [6.45, 7) is 14.6. The lowest BCUT2D eigenvalue weighted by Gasteiger charge is -2.14. The van der Waals surface area contributed by atoms with Crippen LogP contribution in [0, 0.1) is 5.92 Å². The van der Waals surface area contributed by atoms with Gasteiger partial charge in [-0.05, 0) is 35.1 Å². The summed E-state index contributed by atoms with van der Waals surface area (Å²) in [7, 11) is 0. The van der Waals surface area contributed by atoms with Gasteiger partial charge in [-0.1, -0.05) is 63.4 Å². The second kappa shape index (κ2) is 5.50. The molecule has 0 heterocycles. The number of benzene rings is 1. The van der Waals surface area contributed by atoms with E-state index >= 15 is 0 Å². The zero-order valence-electron chi connectivity index (χ0n) is 10.5. The largest absolute Gasteiger partial charge is 0.0950 e. The molecule has 0 saturated carbocycles. The van der Waals surface area contributed by atoms with E-state index in [-0.39, 0.29) is 0 Å². The molecule has 16 heavy (non-hydrogen) atoms. The summed E-state index contributed by atoms with van der Waals surface area (Å²) in [5, 5.41) is 0. The Hall–Kier alpha value is -1.56. The Kier molecular flexibility index (Phi) is 4.30. The molecule has 0 radical (unpaired) electrons. The van der Waals surface area contributed by atoms with Crippen molar-refractivity contribution >= 4 is 11.1 Å². The molecule has 1 aromatic rings. The first-order chi connectivity index (χ1) is 7.57. The molecule has 0 aliphatic heterocycles. The van der Waals surface area contributed by atoms with Crippen molar-refractivity contribution in [2.45, 2.75) is 20.8 Å². The van der Waals surface area contributed by atoms with Crippen molar-refractivity contribution < 1.29 is 0 Å². The fourth-order valence-corrected chi connectivity index (χ4v) is 1.65. The summed E-state index contributed by atoms with van der Waals surface area (Å²) < 4.78 is 0. The predicted octanol–water partition coefficient (Wildman–Crippen LogP) is 4.95. The summed E-state index contributed by atoms with van der Waals surface area (Å²) in [5.41, 5.74) is 4.60. The summed E-state index contributed by atoms with van der Waals surface area (Å²) in [6.07, 6.45) is 4.05. The molecule has 0 nitrogen and oxygen atoms in total. The average molecular weight is 212 g/mol. The minimum atomic E-state index is 0.458. The Morgan fingerprint density at radius 2 is 1.69 bits per heavy atom. The molecule has 0 amide bonds. The molecule has 0 aromatic heterocycles. The van der Waals surface area contributed by atoms with E-state index in [9.17, 15) is 0 Å². The van der Waals surface area contributed by atoms with E-state index in [0.29, 0.717) is 5.92 Å². The van der Waals surface area contributed by atoms with E-state index in [1.165, 1.54) is 16.7 Å². The Bertz CT molecular complexity index is 419. The molecule has 0 spiro atoms. The molecule has 0 bridgehead atoms. The smallest absolute Gasteiger partial charge is 0.0115 e. The first kappa shape index (κ1) is 12.5. The molecule has 0 aliphatic carbocycles. The molecule has 0 N–H and O–H groups in total. The Morgan fingerprint density at radius 3 is 2.19 bits per heavy atom. The normalized spacial score (nSPS) is 11.0. The standard InChI is InChI=1S/C16H20/c1-6-9-13(4)15-10-7-8-11-16(15)14(5)12(2)3/h6-12H,4-5H2,1-3H3/b9-6+. The molecule has 0 aliphatic rings. The number of hydrogen-bond acceptors (Lipinski definition) is 0. The molecule has 0 heteroatoms. The molecule has 0 atom stereocenters. The van der Waals surface area contributed by atoms with Crippen molar-refractivity contribution in [3.63, 3.8) is 0 Å². The zero-order chi connectivity index (χ0) is 12.1. The van der Waals surface area contributed by atoms with E-state index in [4.69, 9.17) is 0 Å². The molecular weight excluding hydrogens is 192 g/mol. The van der Waals surface area contributed by atoms with Gasteiger partial charge in [-0.2, -0.15) is 0 Å². The van der Waals surface area contributed by atoms with Gasteiger partial charge in [-0.3, -0.25) is 0 Å². The maximum Gasteiger partial charge on any atom is -0.0115 e. The van der Waals surface area contributed by atoms with Crippen molar-refractivity contribution in [2.75, 3.05) is 0 Å². The van der Waals surface area contributed by atoms with Crippen LogP contribution in [-0.4, -0.2) is 0 Å². The first-order valence-electron chi connectivity index (χ1n) is 5.68. The second-order valence-corrected chi connectivity index (χ2v) is 4.25. The monoisotopic (exact) mass is 212 g/mol. The SMILES string of the molecule is C=C(/C=C/C)c1ccccc1C(=C)C(C)C. The van der Waals surface area contributed by atoms with Crippen LogP contribution < -0.4 is 0 Å². The van der Waals surface area contributed by atoms with Crippen LogP contribution in [0.3, 0.4) is 0 Å². The highest BCUT2D eigenvalue weighted by atomic mass is 14.1. The van der Waals surface area contributed by atoms with Crippen LogP contribution in [0.1, 0.15) is 31.9 Å². The van der Waals surface area contributed by atoms with Crippen molar-refractivity contribution in [3.8, 4) is 0 Å². The van der Waals surface area contributed by atoms with Gasteiger partial charge in [0.05, 0.1) is 0 Å². The lowest BCUT2D eigenvalue weighted by molar-refractivity contribution is 0.857. The Labute approximate surface area is 99.0 Å². The van der Waals surface area contributed by atoms with Crippen LogP contribution in [0.25, 0.3) is 11.1 Å². The minimum Gasteiger partial charge on any atom is -0.0950 e. The third-order valence-corrected chi connectivity index (χ3v) is 2.68. The average Bonchev–Trinajstić information content (AvgIpc) is 2.28.